The van der Waals surface area contributed by atoms with Crippen LogP contribution in [0.5, 0.6) is 0 Å². The smallest absolute Gasteiger partial charge is 0.332 e. The second kappa shape index (κ2) is 3.54. The summed E-state index contributed by atoms with van der Waals surface area (Å²) in [7, 11) is 2.93. The molecule has 0 amide bonds. The number of aryl methyl sites for hydroxylation is 1. The van der Waals surface area contributed by atoms with Gasteiger partial charge in [-0.1, -0.05) is 0 Å². The summed E-state index contributed by atoms with van der Waals surface area (Å²) in [4.78, 5) is 34.5. The number of hydrogen-bond acceptors (Lipinski definition) is 6. The summed E-state index contributed by atoms with van der Waals surface area (Å²) in [6, 6.07) is 0. The summed E-state index contributed by atoms with van der Waals surface area (Å²) >= 11 is 0. The molecule has 0 saturated carbocycles. The van der Waals surface area contributed by atoms with Gasteiger partial charge in [-0.3, -0.25) is 13.9 Å². The van der Waals surface area contributed by atoms with Crippen LogP contribution in [0.4, 0.5) is 5.95 Å². The standard InChI is InChI=1S/C9H10N8O2/c1-15-5-4(6(18)16(2)9(15)19)12-8(13-5)17-3-11-7(10)14-17/h3H,1-2H3,(H2,10,14)(H,12,13). The third-order valence-electron chi connectivity index (χ3n) is 2.81. The number of H-pyrrole nitrogens is 1. The van der Waals surface area contributed by atoms with Crippen molar-refractivity contribution in [2.24, 2.45) is 14.1 Å². The monoisotopic (exact) mass is 262 g/mol. The molecule has 98 valence electrons. The van der Waals surface area contributed by atoms with Gasteiger partial charge >= 0.3 is 5.69 Å². The lowest BCUT2D eigenvalue weighted by atomic mass is 10.5. The van der Waals surface area contributed by atoms with Crippen LogP contribution in [0.1, 0.15) is 0 Å². The van der Waals surface area contributed by atoms with E-state index in [1.54, 1.807) is 0 Å². The Kier molecular flexibility index (Phi) is 2.09. The first-order valence-electron chi connectivity index (χ1n) is 5.32. The van der Waals surface area contributed by atoms with Crippen molar-refractivity contribution in [3.8, 4) is 5.95 Å². The summed E-state index contributed by atoms with van der Waals surface area (Å²) in [5.41, 5.74) is 4.97. The maximum Gasteiger partial charge on any atom is 0.332 e. The molecule has 3 heterocycles. The van der Waals surface area contributed by atoms with Crippen molar-refractivity contribution in [2.45, 2.75) is 0 Å². The molecule has 3 aromatic rings. The van der Waals surface area contributed by atoms with Gasteiger partial charge in [0, 0.05) is 14.1 Å². The van der Waals surface area contributed by atoms with Crippen LogP contribution in [0.2, 0.25) is 0 Å². The van der Waals surface area contributed by atoms with Crippen molar-refractivity contribution >= 4 is 17.1 Å². The second-order valence-electron chi connectivity index (χ2n) is 4.01. The lowest BCUT2D eigenvalue weighted by Crippen LogP contribution is -2.36. The van der Waals surface area contributed by atoms with E-state index in [2.05, 4.69) is 20.1 Å². The van der Waals surface area contributed by atoms with Crippen molar-refractivity contribution in [2.75, 3.05) is 5.73 Å². The van der Waals surface area contributed by atoms with Gasteiger partial charge in [0.25, 0.3) is 5.56 Å². The van der Waals surface area contributed by atoms with Gasteiger partial charge in [0.2, 0.25) is 11.9 Å². The number of imidazole rings is 1. The number of aromatic amines is 1. The van der Waals surface area contributed by atoms with Gasteiger partial charge in [-0.05, 0) is 0 Å². The molecule has 3 rings (SSSR count). The highest BCUT2D eigenvalue weighted by Gasteiger charge is 2.14. The Balaban J connectivity index is 2.39. The zero-order chi connectivity index (χ0) is 13.7. The van der Waals surface area contributed by atoms with E-state index < -0.39 is 11.2 Å². The Morgan fingerprint density at radius 2 is 2.00 bits per heavy atom. The Morgan fingerprint density at radius 1 is 1.26 bits per heavy atom. The molecule has 0 aliphatic rings. The maximum atomic E-state index is 12.0. The van der Waals surface area contributed by atoms with Gasteiger partial charge in [-0.25, -0.2) is 9.78 Å². The highest BCUT2D eigenvalue weighted by molar-refractivity contribution is 5.71. The van der Waals surface area contributed by atoms with Gasteiger partial charge in [-0.2, -0.15) is 9.67 Å². The Morgan fingerprint density at radius 3 is 2.63 bits per heavy atom. The molecule has 0 saturated heterocycles. The van der Waals surface area contributed by atoms with E-state index in [1.807, 2.05) is 0 Å². The minimum atomic E-state index is -0.454. The van der Waals surface area contributed by atoms with Gasteiger partial charge in [-0.15, -0.1) is 5.10 Å². The van der Waals surface area contributed by atoms with E-state index in [0.717, 1.165) is 4.57 Å². The maximum absolute atomic E-state index is 12.0. The number of nitrogens with one attached hydrogen (secondary N) is 1. The summed E-state index contributed by atoms with van der Waals surface area (Å²) in [6.07, 6.45) is 1.36. The van der Waals surface area contributed by atoms with Crippen LogP contribution in [0.15, 0.2) is 15.9 Å². The number of rotatable bonds is 1. The first-order valence-corrected chi connectivity index (χ1v) is 5.32. The third-order valence-corrected chi connectivity index (χ3v) is 2.81. The summed E-state index contributed by atoms with van der Waals surface area (Å²) in [6.45, 7) is 0. The molecule has 10 nitrogen and oxygen atoms in total. The molecule has 0 aliphatic carbocycles. The van der Waals surface area contributed by atoms with Crippen LogP contribution in [0, 0.1) is 0 Å². The van der Waals surface area contributed by atoms with Gasteiger partial charge in [0.15, 0.2) is 11.2 Å². The van der Waals surface area contributed by atoms with Gasteiger partial charge in [0.1, 0.15) is 6.33 Å². The molecule has 0 atom stereocenters. The number of fused-ring (bicyclic) bond motifs is 1. The number of aromatic nitrogens is 7. The first kappa shape index (κ1) is 11.2. The number of hydrogen-bond donors (Lipinski definition) is 2. The van der Waals surface area contributed by atoms with Crippen LogP contribution in [0.3, 0.4) is 0 Å². The van der Waals surface area contributed by atoms with E-state index >= 15 is 0 Å². The zero-order valence-electron chi connectivity index (χ0n) is 10.2. The predicted octanol–water partition coefficient (Wildman–Crippen LogP) is -1.88. The van der Waals surface area contributed by atoms with E-state index in [9.17, 15) is 9.59 Å². The largest absolute Gasteiger partial charge is 0.366 e. The van der Waals surface area contributed by atoms with Crippen LogP contribution in [-0.2, 0) is 14.1 Å². The number of nitrogens with two attached hydrogens (primary N) is 1. The van der Waals surface area contributed by atoms with Crippen LogP contribution in [-0.4, -0.2) is 33.9 Å². The molecule has 0 fully saturated rings. The van der Waals surface area contributed by atoms with Crippen molar-refractivity contribution in [1.82, 2.24) is 33.9 Å². The van der Waals surface area contributed by atoms with E-state index in [0.29, 0.717) is 0 Å². The number of anilines is 1. The normalized spacial score (nSPS) is 11.3. The molecule has 0 bridgehead atoms. The fourth-order valence-electron chi connectivity index (χ4n) is 1.80. The number of nitrogens with zero attached hydrogens (tertiary/aromatic N) is 6. The summed E-state index contributed by atoms with van der Waals surface area (Å²) in [5.74, 6) is 0.347. The second-order valence-corrected chi connectivity index (χ2v) is 4.01. The minimum Gasteiger partial charge on any atom is -0.366 e. The molecule has 10 heteroatoms. The average molecular weight is 262 g/mol. The van der Waals surface area contributed by atoms with Gasteiger partial charge < -0.3 is 10.7 Å². The van der Waals surface area contributed by atoms with Gasteiger partial charge in [0.05, 0.1) is 0 Å². The molecular formula is C9H10N8O2. The molecule has 0 unspecified atom stereocenters. The average Bonchev–Trinajstić information content (AvgIpc) is 3.00. The fraction of sp³-hybridized carbons (Fsp3) is 0.222. The topological polar surface area (TPSA) is 129 Å². The lowest BCUT2D eigenvalue weighted by molar-refractivity contribution is 0.708. The number of nitrogen functional groups attached to an aromatic ring is 1. The Hall–Kier alpha value is -2.91. The van der Waals surface area contributed by atoms with E-state index in [1.165, 1.54) is 29.7 Å². The predicted molar refractivity (Wildman–Crippen MR) is 65.9 cm³/mol. The fourth-order valence-corrected chi connectivity index (χ4v) is 1.80. The molecule has 0 aromatic carbocycles. The Bertz CT molecular complexity index is 895. The van der Waals surface area contributed by atoms with Crippen LogP contribution < -0.4 is 17.0 Å². The molecule has 3 aromatic heterocycles. The van der Waals surface area contributed by atoms with Crippen LogP contribution >= 0.6 is 0 Å². The lowest BCUT2D eigenvalue weighted by Gasteiger charge is -2.00. The van der Waals surface area contributed by atoms with Crippen molar-refractivity contribution in [3.63, 3.8) is 0 Å². The SMILES string of the molecule is Cn1c(=O)c2[nH]c(-n3cnc(N)n3)nc2n(C)c1=O. The third kappa shape index (κ3) is 1.46. The molecule has 0 radical (unpaired) electrons. The molecule has 19 heavy (non-hydrogen) atoms. The van der Waals surface area contributed by atoms with Crippen LogP contribution in [0.25, 0.3) is 17.1 Å². The molecule has 3 N–H and O–H groups in total. The first-order chi connectivity index (χ1) is 8.99. The molecular weight excluding hydrogens is 252 g/mol. The zero-order valence-corrected chi connectivity index (χ0v) is 10.2. The molecule has 0 aliphatic heterocycles. The van der Waals surface area contributed by atoms with Crippen molar-refractivity contribution < 1.29 is 0 Å². The van der Waals surface area contributed by atoms with Crippen molar-refractivity contribution in [1.29, 1.82) is 0 Å². The highest BCUT2D eigenvalue weighted by atomic mass is 16.2. The van der Waals surface area contributed by atoms with E-state index in [-0.39, 0.29) is 23.1 Å². The summed E-state index contributed by atoms with van der Waals surface area (Å²) in [5, 5.41) is 3.87. The summed E-state index contributed by atoms with van der Waals surface area (Å²) < 4.78 is 3.57. The van der Waals surface area contributed by atoms with Crippen molar-refractivity contribution in [3.05, 3.63) is 27.2 Å². The van der Waals surface area contributed by atoms with E-state index in [4.69, 9.17) is 5.73 Å². The quantitative estimate of drug-likeness (QED) is 0.528. The Labute approximate surface area is 105 Å². The molecule has 0 spiro atoms. The minimum absolute atomic E-state index is 0.0854. The highest BCUT2D eigenvalue weighted by Crippen LogP contribution is 2.07.